The van der Waals surface area contributed by atoms with Gasteiger partial charge in [0.2, 0.25) is 0 Å². The number of nitrogens with two attached hydrogens (primary N) is 1. The molecule has 90 valence electrons. The zero-order valence-electron chi connectivity index (χ0n) is 9.57. The van der Waals surface area contributed by atoms with E-state index < -0.39 is 0 Å². The molecule has 0 aliphatic heterocycles. The second-order valence-electron chi connectivity index (χ2n) is 4.44. The quantitative estimate of drug-likeness (QED) is 0.774. The third-order valence-electron chi connectivity index (χ3n) is 3.20. The van der Waals surface area contributed by atoms with Crippen molar-refractivity contribution < 1.29 is 0 Å². The normalized spacial score (nSPS) is 19.2. The Morgan fingerprint density at radius 3 is 3.35 bits per heavy atom. The highest BCUT2D eigenvalue weighted by Gasteiger charge is 2.21. The van der Waals surface area contributed by atoms with Crippen LogP contribution in [0.1, 0.15) is 22.7 Å². The van der Waals surface area contributed by atoms with Gasteiger partial charge in [-0.2, -0.15) is 0 Å². The van der Waals surface area contributed by atoms with Crippen LogP contribution in [0.15, 0.2) is 18.3 Å². The molecule has 2 aromatic rings. The number of aromatic nitrogens is 2. The van der Waals surface area contributed by atoms with E-state index in [4.69, 9.17) is 5.73 Å². The van der Waals surface area contributed by atoms with Gasteiger partial charge in [0, 0.05) is 29.4 Å². The highest BCUT2D eigenvalue weighted by Crippen LogP contribution is 2.28. The summed E-state index contributed by atoms with van der Waals surface area (Å²) in [6, 6.07) is 4.68. The number of nitrogen functional groups attached to an aromatic ring is 1. The fourth-order valence-electron chi connectivity index (χ4n) is 2.30. The highest BCUT2D eigenvalue weighted by molar-refractivity contribution is 7.15. The van der Waals surface area contributed by atoms with Crippen molar-refractivity contribution in [2.24, 2.45) is 0 Å². The van der Waals surface area contributed by atoms with Crippen LogP contribution in [0.3, 0.4) is 0 Å². The van der Waals surface area contributed by atoms with Crippen LogP contribution in [0.5, 0.6) is 0 Å². The van der Waals surface area contributed by atoms with Gasteiger partial charge in [-0.1, -0.05) is 0 Å². The standard InChI is InChI=1S/C12H16N4S/c13-12-16-10-4-3-8(6-11(10)17-12)15-7-9-2-1-5-14-9/h1-2,5,8,14-15H,3-4,6-7H2,(H2,13,16)/t8-/m0/s1. The number of nitrogens with one attached hydrogen (secondary N) is 2. The van der Waals surface area contributed by atoms with E-state index in [1.165, 1.54) is 16.3 Å². The molecule has 1 atom stereocenters. The summed E-state index contributed by atoms with van der Waals surface area (Å²) in [5.74, 6) is 0. The maximum atomic E-state index is 5.74. The Bertz CT molecular complexity index is 489. The average Bonchev–Trinajstić information content (AvgIpc) is 2.92. The number of H-pyrrole nitrogens is 1. The maximum absolute atomic E-state index is 5.74. The van der Waals surface area contributed by atoms with Crippen molar-refractivity contribution in [2.45, 2.75) is 31.8 Å². The van der Waals surface area contributed by atoms with Crippen LogP contribution in [-0.4, -0.2) is 16.0 Å². The molecule has 0 bridgehead atoms. The molecule has 4 nitrogen and oxygen atoms in total. The fourth-order valence-corrected chi connectivity index (χ4v) is 3.26. The summed E-state index contributed by atoms with van der Waals surface area (Å²) in [4.78, 5) is 8.92. The van der Waals surface area contributed by atoms with Crippen molar-refractivity contribution in [1.82, 2.24) is 15.3 Å². The predicted octanol–water partition coefficient (Wildman–Crippen LogP) is 1.70. The van der Waals surface area contributed by atoms with E-state index in [9.17, 15) is 0 Å². The van der Waals surface area contributed by atoms with Gasteiger partial charge in [-0.15, -0.1) is 11.3 Å². The molecule has 0 radical (unpaired) electrons. The molecule has 1 aliphatic carbocycles. The largest absolute Gasteiger partial charge is 0.375 e. The first-order valence-electron chi connectivity index (χ1n) is 5.91. The van der Waals surface area contributed by atoms with Gasteiger partial charge in [0.1, 0.15) is 0 Å². The monoisotopic (exact) mass is 248 g/mol. The average molecular weight is 248 g/mol. The summed E-state index contributed by atoms with van der Waals surface area (Å²) in [5.41, 5.74) is 8.19. The Labute approximate surface area is 104 Å². The minimum Gasteiger partial charge on any atom is -0.375 e. The van der Waals surface area contributed by atoms with E-state index in [2.05, 4.69) is 21.4 Å². The minimum absolute atomic E-state index is 0.547. The molecular weight excluding hydrogens is 232 g/mol. The molecule has 0 fully saturated rings. The second-order valence-corrected chi connectivity index (χ2v) is 5.55. The summed E-state index contributed by atoms with van der Waals surface area (Å²) in [6.07, 6.45) is 5.22. The zero-order valence-corrected chi connectivity index (χ0v) is 10.4. The SMILES string of the molecule is Nc1nc2c(s1)C[C@@H](NCc1ccc[nH]1)CC2. The molecule has 0 spiro atoms. The number of hydrogen-bond acceptors (Lipinski definition) is 4. The summed E-state index contributed by atoms with van der Waals surface area (Å²) in [7, 11) is 0. The lowest BCUT2D eigenvalue weighted by Crippen LogP contribution is -2.33. The van der Waals surface area contributed by atoms with E-state index >= 15 is 0 Å². The minimum atomic E-state index is 0.547. The first-order valence-corrected chi connectivity index (χ1v) is 6.72. The van der Waals surface area contributed by atoms with Gasteiger partial charge in [-0.05, 0) is 31.4 Å². The van der Waals surface area contributed by atoms with Crippen molar-refractivity contribution in [2.75, 3.05) is 5.73 Å². The smallest absolute Gasteiger partial charge is 0.180 e. The number of nitrogens with zero attached hydrogens (tertiary/aromatic N) is 1. The summed E-state index contributed by atoms with van der Waals surface area (Å²) >= 11 is 1.64. The molecule has 0 amide bonds. The molecule has 2 heterocycles. The highest BCUT2D eigenvalue weighted by atomic mass is 32.1. The van der Waals surface area contributed by atoms with E-state index in [0.717, 1.165) is 25.8 Å². The molecule has 0 saturated heterocycles. The zero-order chi connectivity index (χ0) is 11.7. The van der Waals surface area contributed by atoms with Crippen molar-refractivity contribution in [1.29, 1.82) is 0 Å². The predicted molar refractivity (Wildman–Crippen MR) is 70.0 cm³/mol. The van der Waals surface area contributed by atoms with Crippen molar-refractivity contribution in [3.05, 3.63) is 34.6 Å². The third kappa shape index (κ3) is 2.35. The molecule has 2 aromatic heterocycles. The Balaban J connectivity index is 1.60. The van der Waals surface area contributed by atoms with Crippen LogP contribution < -0.4 is 11.1 Å². The summed E-state index contributed by atoms with van der Waals surface area (Å²) < 4.78 is 0. The van der Waals surface area contributed by atoms with Crippen molar-refractivity contribution in [3.8, 4) is 0 Å². The van der Waals surface area contributed by atoms with E-state index in [1.807, 2.05) is 12.3 Å². The lowest BCUT2D eigenvalue weighted by Gasteiger charge is -2.22. The van der Waals surface area contributed by atoms with Gasteiger partial charge in [0.25, 0.3) is 0 Å². The summed E-state index contributed by atoms with van der Waals surface area (Å²) in [5, 5.41) is 4.29. The Morgan fingerprint density at radius 1 is 1.59 bits per heavy atom. The molecule has 0 saturated carbocycles. The molecule has 1 aliphatic rings. The second kappa shape index (κ2) is 4.50. The summed E-state index contributed by atoms with van der Waals surface area (Å²) in [6.45, 7) is 0.904. The third-order valence-corrected chi connectivity index (χ3v) is 4.15. The number of thiazole rings is 1. The Morgan fingerprint density at radius 2 is 2.53 bits per heavy atom. The van der Waals surface area contributed by atoms with Crippen LogP contribution in [0.25, 0.3) is 0 Å². The number of anilines is 1. The van der Waals surface area contributed by atoms with E-state index in [1.54, 1.807) is 11.3 Å². The maximum Gasteiger partial charge on any atom is 0.180 e. The molecule has 0 aromatic carbocycles. The lowest BCUT2D eigenvalue weighted by molar-refractivity contribution is 0.456. The Kier molecular flexibility index (Phi) is 2.86. The van der Waals surface area contributed by atoms with Gasteiger partial charge in [0.15, 0.2) is 5.13 Å². The van der Waals surface area contributed by atoms with E-state index in [0.29, 0.717) is 11.2 Å². The van der Waals surface area contributed by atoms with Crippen LogP contribution in [0.2, 0.25) is 0 Å². The molecular formula is C12H16N4S. The van der Waals surface area contributed by atoms with Gasteiger partial charge < -0.3 is 16.0 Å². The van der Waals surface area contributed by atoms with Crippen LogP contribution in [0, 0.1) is 0 Å². The lowest BCUT2D eigenvalue weighted by atomic mass is 9.98. The number of rotatable bonds is 3. The molecule has 3 rings (SSSR count). The molecule has 5 heteroatoms. The number of hydrogen-bond donors (Lipinski definition) is 3. The van der Waals surface area contributed by atoms with Gasteiger partial charge in [0.05, 0.1) is 5.69 Å². The van der Waals surface area contributed by atoms with Gasteiger partial charge >= 0.3 is 0 Å². The van der Waals surface area contributed by atoms with Crippen molar-refractivity contribution in [3.63, 3.8) is 0 Å². The van der Waals surface area contributed by atoms with Crippen molar-refractivity contribution >= 4 is 16.5 Å². The topological polar surface area (TPSA) is 66.7 Å². The molecule has 4 N–H and O–H groups in total. The first kappa shape index (κ1) is 10.8. The number of aromatic amines is 1. The van der Waals surface area contributed by atoms with E-state index in [-0.39, 0.29) is 0 Å². The first-order chi connectivity index (χ1) is 8.31. The van der Waals surface area contributed by atoms with Crippen LogP contribution >= 0.6 is 11.3 Å². The van der Waals surface area contributed by atoms with Crippen LogP contribution in [0.4, 0.5) is 5.13 Å². The van der Waals surface area contributed by atoms with Gasteiger partial charge in [-0.25, -0.2) is 4.98 Å². The molecule has 0 unspecified atom stereocenters. The molecule has 17 heavy (non-hydrogen) atoms. The van der Waals surface area contributed by atoms with Gasteiger partial charge in [-0.3, -0.25) is 0 Å². The van der Waals surface area contributed by atoms with Crippen LogP contribution in [-0.2, 0) is 19.4 Å². The number of fused-ring (bicyclic) bond motifs is 1. The fraction of sp³-hybridized carbons (Fsp3) is 0.417. The Hall–Kier alpha value is -1.33. The number of aryl methyl sites for hydroxylation is 1.